The summed E-state index contributed by atoms with van der Waals surface area (Å²) in [6, 6.07) is 2.63. The highest BCUT2D eigenvalue weighted by Gasteiger charge is 2.39. The second kappa shape index (κ2) is 7.47. The van der Waals surface area contributed by atoms with Gasteiger partial charge in [-0.15, -0.1) is 0 Å². The maximum Gasteiger partial charge on any atom is 0.433 e. The molecular formula is C19H18F6N2O2. The number of benzene rings is 1. The number of pyridine rings is 1. The molecule has 2 atom stereocenters. The minimum Gasteiger partial charge on any atom is -0.386 e. The number of aliphatic hydroxyl groups excluding tert-OH is 1. The third-order valence-corrected chi connectivity index (χ3v) is 5.10. The zero-order chi connectivity index (χ0) is 21.6. The number of amides is 1. The van der Waals surface area contributed by atoms with E-state index in [1.165, 1.54) is 17.9 Å². The molecule has 0 spiro atoms. The Morgan fingerprint density at radius 3 is 2.45 bits per heavy atom. The summed E-state index contributed by atoms with van der Waals surface area (Å²) in [5.74, 6) is -0.362. The molecule has 1 unspecified atom stereocenters. The second-order valence-corrected chi connectivity index (χ2v) is 7.01. The SMILES string of the molecule is CC(=O)N1CCCC[C@@H]1C(O)c1cc(C(F)(F)F)nc2c(C(F)(F)F)cccc12. The van der Waals surface area contributed by atoms with E-state index in [0.717, 1.165) is 6.07 Å². The van der Waals surface area contributed by atoms with Crippen LogP contribution in [0.1, 0.15) is 49.1 Å². The molecule has 2 heterocycles. The van der Waals surface area contributed by atoms with Crippen molar-refractivity contribution in [3.63, 3.8) is 0 Å². The first-order valence-corrected chi connectivity index (χ1v) is 8.94. The first-order valence-electron chi connectivity index (χ1n) is 8.94. The number of likely N-dealkylation sites (tertiary alicyclic amines) is 1. The lowest BCUT2D eigenvalue weighted by Crippen LogP contribution is -2.45. The smallest absolute Gasteiger partial charge is 0.386 e. The van der Waals surface area contributed by atoms with E-state index in [2.05, 4.69) is 4.98 Å². The molecule has 4 nitrogen and oxygen atoms in total. The number of alkyl halides is 6. The van der Waals surface area contributed by atoms with Crippen LogP contribution in [-0.2, 0) is 17.1 Å². The number of piperidine rings is 1. The Kier molecular flexibility index (Phi) is 5.50. The zero-order valence-corrected chi connectivity index (χ0v) is 15.3. The van der Waals surface area contributed by atoms with Crippen molar-refractivity contribution in [2.24, 2.45) is 0 Å². The Bertz CT molecular complexity index is 925. The number of aromatic nitrogens is 1. The largest absolute Gasteiger partial charge is 0.433 e. The highest BCUT2D eigenvalue weighted by molar-refractivity contribution is 5.86. The molecule has 2 aromatic rings. The Morgan fingerprint density at radius 2 is 1.86 bits per heavy atom. The average Bonchev–Trinajstić information content (AvgIpc) is 2.64. The highest BCUT2D eigenvalue weighted by Crippen LogP contribution is 2.40. The van der Waals surface area contributed by atoms with Gasteiger partial charge in [-0.3, -0.25) is 4.79 Å². The molecule has 10 heteroatoms. The first-order chi connectivity index (χ1) is 13.4. The summed E-state index contributed by atoms with van der Waals surface area (Å²) in [6.45, 7) is 1.60. The Labute approximate surface area is 162 Å². The van der Waals surface area contributed by atoms with E-state index >= 15 is 0 Å². The summed E-state index contributed by atoms with van der Waals surface area (Å²) in [5, 5.41) is 10.6. The van der Waals surface area contributed by atoms with Crippen molar-refractivity contribution in [1.82, 2.24) is 9.88 Å². The maximum atomic E-state index is 13.4. The third kappa shape index (κ3) is 4.17. The van der Waals surface area contributed by atoms with Crippen LogP contribution in [0.15, 0.2) is 24.3 Å². The van der Waals surface area contributed by atoms with Gasteiger partial charge in [-0.1, -0.05) is 12.1 Å². The molecule has 0 radical (unpaired) electrons. The van der Waals surface area contributed by atoms with Crippen LogP contribution in [0, 0.1) is 0 Å². The highest BCUT2D eigenvalue weighted by atomic mass is 19.4. The van der Waals surface area contributed by atoms with Gasteiger partial charge in [0.05, 0.1) is 17.1 Å². The van der Waals surface area contributed by atoms with Gasteiger partial charge < -0.3 is 10.0 Å². The van der Waals surface area contributed by atoms with Crippen molar-refractivity contribution in [1.29, 1.82) is 0 Å². The van der Waals surface area contributed by atoms with Gasteiger partial charge in [-0.25, -0.2) is 4.98 Å². The van der Waals surface area contributed by atoms with Crippen LogP contribution in [0.3, 0.4) is 0 Å². The predicted octanol–water partition coefficient (Wildman–Crippen LogP) is 4.71. The van der Waals surface area contributed by atoms with E-state index in [1.54, 1.807) is 0 Å². The first kappa shape index (κ1) is 21.4. The number of carbonyl (C=O) groups excluding carboxylic acids is 1. The Morgan fingerprint density at radius 1 is 1.17 bits per heavy atom. The summed E-state index contributed by atoms with van der Waals surface area (Å²) in [7, 11) is 0. The molecule has 1 aromatic carbocycles. The summed E-state index contributed by atoms with van der Waals surface area (Å²) in [4.78, 5) is 16.5. The summed E-state index contributed by atoms with van der Waals surface area (Å²) >= 11 is 0. The second-order valence-electron chi connectivity index (χ2n) is 7.01. The number of halogens is 6. The van der Waals surface area contributed by atoms with Gasteiger partial charge in [0.15, 0.2) is 0 Å². The molecule has 0 bridgehead atoms. The van der Waals surface area contributed by atoms with Crippen LogP contribution in [0.25, 0.3) is 10.9 Å². The fourth-order valence-corrected chi connectivity index (χ4v) is 3.78. The average molecular weight is 420 g/mol. The van der Waals surface area contributed by atoms with Crippen LogP contribution < -0.4 is 0 Å². The number of carbonyl (C=O) groups is 1. The van der Waals surface area contributed by atoms with Crippen molar-refractivity contribution < 1.29 is 36.2 Å². The summed E-state index contributed by atoms with van der Waals surface area (Å²) in [6.07, 6.45) is -9.89. The van der Waals surface area contributed by atoms with Crippen LogP contribution >= 0.6 is 0 Å². The van der Waals surface area contributed by atoms with Crippen LogP contribution in [0.2, 0.25) is 0 Å². The van der Waals surface area contributed by atoms with E-state index in [-0.39, 0.29) is 16.9 Å². The normalized spacial score (nSPS) is 19.4. The van der Waals surface area contributed by atoms with Crippen molar-refractivity contribution in [3.8, 4) is 0 Å². The molecule has 1 saturated heterocycles. The summed E-state index contributed by atoms with van der Waals surface area (Å²) in [5.41, 5.74) is -4.05. The van der Waals surface area contributed by atoms with Crippen molar-refractivity contribution >= 4 is 16.8 Å². The van der Waals surface area contributed by atoms with Gasteiger partial charge in [0.2, 0.25) is 5.91 Å². The fraction of sp³-hybridized carbons (Fsp3) is 0.474. The molecule has 1 fully saturated rings. The van der Waals surface area contributed by atoms with Crippen molar-refractivity contribution in [2.75, 3.05) is 6.54 Å². The lowest BCUT2D eigenvalue weighted by Gasteiger charge is -2.38. The monoisotopic (exact) mass is 420 g/mol. The van der Waals surface area contributed by atoms with Gasteiger partial charge in [0.1, 0.15) is 11.8 Å². The van der Waals surface area contributed by atoms with Gasteiger partial charge >= 0.3 is 12.4 Å². The molecule has 0 saturated carbocycles. The molecule has 1 aliphatic heterocycles. The van der Waals surface area contributed by atoms with E-state index in [9.17, 15) is 36.2 Å². The number of hydrogen-bond donors (Lipinski definition) is 1. The van der Waals surface area contributed by atoms with Crippen molar-refractivity contribution in [2.45, 2.75) is 50.7 Å². The molecule has 1 aliphatic rings. The molecule has 158 valence electrons. The lowest BCUT2D eigenvalue weighted by atomic mass is 9.90. The third-order valence-electron chi connectivity index (χ3n) is 5.10. The number of fused-ring (bicyclic) bond motifs is 1. The quantitative estimate of drug-likeness (QED) is 0.717. The molecule has 1 amide bonds. The van der Waals surface area contributed by atoms with Crippen LogP contribution in [0.5, 0.6) is 0 Å². The van der Waals surface area contributed by atoms with Crippen molar-refractivity contribution in [3.05, 3.63) is 41.1 Å². The van der Waals surface area contributed by atoms with E-state index < -0.39 is 41.3 Å². The zero-order valence-electron chi connectivity index (χ0n) is 15.3. The van der Waals surface area contributed by atoms with Gasteiger partial charge in [-0.2, -0.15) is 26.3 Å². The van der Waals surface area contributed by atoms with E-state index in [0.29, 0.717) is 37.9 Å². The van der Waals surface area contributed by atoms with E-state index in [4.69, 9.17) is 0 Å². The molecule has 1 aromatic heterocycles. The van der Waals surface area contributed by atoms with Crippen LogP contribution in [-0.4, -0.2) is 33.5 Å². The number of para-hydroxylation sites is 1. The van der Waals surface area contributed by atoms with Gasteiger partial charge in [0, 0.05) is 18.9 Å². The number of rotatable bonds is 2. The predicted molar refractivity (Wildman–Crippen MR) is 91.7 cm³/mol. The molecular weight excluding hydrogens is 402 g/mol. The van der Waals surface area contributed by atoms with Gasteiger partial charge in [-0.05, 0) is 37.0 Å². The maximum absolute atomic E-state index is 13.4. The van der Waals surface area contributed by atoms with E-state index in [1.807, 2.05) is 0 Å². The molecule has 1 N–H and O–H groups in total. The van der Waals surface area contributed by atoms with Gasteiger partial charge in [0.25, 0.3) is 0 Å². The topological polar surface area (TPSA) is 53.4 Å². The summed E-state index contributed by atoms with van der Waals surface area (Å²) < 4.78 is 80.1. The molecule has 29 heavy (non-hydrogen) atoms. The fourth-order valence-electron chi connectivity index (χ4n) is 3.78. The Hall–Kier alpha value is -2.36. The molecule has 0 aliphatic carbocycles. The molecule has 3 rings (SSSR count). The number of hydrogen-bond acceptors (Lipinski definition) is 3. The number of aliphatic hydroxyl groups is 1. The minimum atomic E-state index is -5.01. The Balaban J connectivity index is 2.24. The van der Waals surface area contributed by atoms with Crippen LogP contribution in [0.4, 0.5) is 26.3 Å². The lowest BCUT2D eigenvalue weighted by molar-refractivity contribution is -0.142. The minimum absolute atomic E-state index is 0.227. The number of nitrogens with zero attached hydrogens (tertiary/aromatic N) is 2. The standard InChI is InChI=1S/C19H18F6N2O2/c1-10(28)27-8-3-2-7-14(27)17(29)12-9-15(19(23,24)25)26-16-11(12)5-4-6-13(16)18(20,21)22/h4-6,9,14,17,29H,2-3,7-8H2,1H3/t14-,17?/m1/s1.